The van der Waals surface area contributed by atoms with Crippen LogP contribution in [0.5, 0.6) is 0 Å². The number of amides is 1. The van der Waals surface area contributed by atoms with Crippen molar-refractivity contribution in [2.75, 3.05) is 19.8 Å². The molecule has 1 aromatic heterocycles. The topological polar surface area (TPSA) is 56.1 Å². The zero-order valence-corrected chi connectivity index (χ0v) is 12.2. The molecule has 0 radical (unpaired) electrons. The molecule has 1 N–H and O–H groups in total. The lowest BCUT2D eigenvalue weighted by molar-refractivity contribution is -0.120. The Morgan fingerprint density at radius 3 is 2.68 bits per heavy atom. The Kier molecular flexibility index (Phi) is 5.76. The van der Waals surface area contributed by atoms with Gasteiger partial charge in [0, 0.05) is 24.8 Å². The van der Waals surface area contributed by atoms with Gasteiger partial charge in [-0.25, -0.2) is 0 Å². The number of hydrogen-bond acceptors (Lipinski definition) is 3. The normalized spacial score (nSPS) is 10.5. The lowest BCUT2D eigenvalue weighted by atomic mass is 10.1. The highest BCUT2D eigenvalue weighted by Gasteiger charge is 2.12. The van der Waals surface area contributed by atoms with Crippen LogP contribution in [0.25, 0.3) is 0 Å². The lowest BCUT2D eigenvalue weighted by Gasteiger charge is -2.06. The first-order valence-corrected chi connectivity index (χ1v) is 6.39. The third kappa shape index (κ3) is 4.87. The summed E-state index contributed by atoms with van der Waals surface area (Å²) in [5, 5.41) is 7.13. The first kappa shape index (κ1) is 15.4. The third-order valence-corrected chi connectivity index (χ3v) is 2.91. The minimum absolute atomic E-state index is 0.00174. The monoisotopic (exact) mass is 265 g/mol. The maximum atomic E-state index is 11.8. The maximum Gasteiger partial charge on any atom is 0.224 e. The summed E-state index contributed by atoms with van der Waals surface area (Å²) >= 11 is 0. The van der Waals surface area contributed by atoms with Gasteiger partial charge >= 0.3 is 0 Å². The molecule has 1 rings (SSSR count). The second kappa shape index (κ2) is 7.09. The summed E-state index contributed by atoms with van der Waals surface area (Å²) in [7, 11) is 1.88. The molecule has 0 aliphatic carbocycles. The van der Waals surface area contributed by atoms with Crippen LogP contribution in [-0.4, -0.2) is 35.4 Å². The summed E-state index contributed by atoms with van der Waals surface area (Å²) in [4.78, 5) is 11.8. The van der Waals surface area contributed by atoms with Crippen molar-refractivity contribution >= 4 is 5.91 Å². The van der Waals surface area contributed by atoms with Crippen molar-refractivity contribution in [3.05, 3.63) is 29.1 Å². The number of aromatic nitrogens is 2. The summed E-state index contributed by atoms with van der Waals surface area (Å²) in [5.74, 6) is -0.00174. The van der Waals surface area contributed by atoms with Gasteiger partial charge in [0.1, 0.15) is 0 Å². The molecule has 5 nitrogen and oxygen atoms in total. The first-order chi connectivity index (χ1) is 8.91. The van der Waals surface area contributed by atoms with Crippen LogP contribution in [0.2, 0.25) is 0 Å². The van der Waals surface area contributed by atoms with E-state index in [-0.39, 0.29) is 5.91 Å². The van der Waals surface area contributed by atoms with Gasteiger partial charge in [0.15, 0.2) is 0 Å². The molecule has 0 spiro atoms. The number of hydrogen-bond donors (Lipinski definition) is 1. The highest BCUT2D eigenvalue weighted by molar-refractivity contribution is 5.79. The second-order valence-electron chi connectivity index (χ2n) is 4.81. The smallest absolute Gasteiger partial charge is 0.224 e. The van der Waals surface area contributed by atoms with Gasteiger partial charge in [-0.3, -0.25) is 9.48 Å². The van der Waals surface area contributed by atoms with Gasteiger partial charge in [0.25, 0.3) is 0 Å². The summed E-state index contributed by atoms with van der Waals surface area (Å²) < 4.78 is 7.12. The Bertz CT molecular complexity index is 464. The van der Waals surface area contributed by atoms with Crippen LogP contribution in [0.4, 0.5) is 0 Å². The Balaban J connectivity index is 2.33. The zero-order valence-electron chi connectivity index (χ0n) is 12.2. The number of rotatable bonds is 7. The van der Waals surface area contributed by atoms with Crippen LogP contribution in [0.15, 0.2) is 12.2 Å². The molecule has 0 unspecified atom stereocenters. The summed E-state index contributed by atoms with van der Waals surface area (Å²) in [5.41, 5.74) is 3.93. The average molecular weight is 265 g/mol. The molecule has 0 fully saturated rings. The van der Waals surface area contributed by atoms with E-state index in [0.717, 1.165) is 22.5 Å². The van der Waals surface area contributed by atoms with Crippen LogP contribution in [0.3, 0.4) is 0 Å². The fourth-order valence-electron chi connectivity index (χ4n) is 1.81. The van der Waals surface area contributed by atoms with E-state index >= 15 is 0 Å². The molecule has 5 heteroatoms. The van der Waals surface area contributed by atoms with Gasteiger partial charge in [-0.1, -0.05) is 12.2 Å². The van der Waals surface area contributed by atoms with E-state index < -0.39 is 0 Å². The zero-order chi connectivity index (χ0) is 14.4. The minimum Gasteiger partial charge on any atom is -0.375 e. The standard InChI is InChI=1S/C14H23N3O2/c1-10(2)9-19-7-6-15-14(18)8-13-11(3)16-17(5)12(13)4/h1,6-9H2,2-5H3,(H,15,18). The summed E-state index contributed by atoms with van der Waals surface area (Å²) in [6, 6.07) is 0. The maximum absolute atomic E-state index is 11.8. The number of carbonyl (C=O) groups excluding carboxylic acids is 1. The number of nitrogens with one attached hydrogen (secondary N) is 1. The van der Waals surface area contributed by atoms with Gasteiger partial charge in [-0.2, -0.15) is 5.10 Å². The van der Waals surface area contributed by atoms with E-state index in [1.807, 2.05) is 27.8 Å². The molecule has 1 aromatic rings. The molecular weight excluding hydrogens is 242 g/mol. The van der Waals surface area contributed by atoms with Gasteiger partial charge < -0.3 is 10.1 Å². The molecular formula is C14H23N3O2. The first-order valence-electron chi connectivity index (χ1n) is 6.39. The highest BCUT2D eigenvalue weighted by Crippen LogP contribution is 2.12. The van der Waals surface area contributed by atoms with Crippen LogP contribution >= 0.6 is 0 Å². The largest absolute Gasteiger partial charge is 0.375 e. The van der Waals surface area contributed by atoms with Gasteiger partial charge in [0.2, 0.25) is 5.91 Å². The van der Waals surface area contributed by atoms with Crippen LogP contribution in [0.1, 0.15) is 23.9 Å². The van der Waals surface area contributed by atoms with E-state index in [1.165, 1.54) is 0 Å². The van der Waals surface area contributed by atoms with Crippen molar-refractivity contribution in [3.8, 4) is 0 Å². The summed E-state index contributed by atoms with van der Waals surface area (Å²) in [6.07, 6.45) is 0.367. The molecule has 0 aromatic carbocycles. The molecule has 1 amide bonds. The predicted octanol–water partition coefficient (Wildman–Crippen LogP) is 1.29. The molecule has 0 saturated heterocycles. The van der Waals surface area contributed by atoms with E-state index in [1.54, 1.807) is 4.68 Å². The number of carbonyl (C=O) groups is 1. The molecule has 106 valence electrons. The predicted molar refractivity (Wildman–Crippen MR) is 75.0 cm³/mol. The summed E-state index contributed by atoms with van der Waals surface area (Å²) in [6.45, 7) is 11.1. The Hall–Kier alpha value is -1.62. The average Bonchev–Trinajstić information content (AvgIpc) is 2.55. The van der Waals surface area contributed by atoms with Crippen LogP contribution in [0, 0.1) is 13.8 Å². The van der Waals surface area contributed by atoms with Crippen molar-refractivity contribution in [1.82, 2.24) is 15.1 Å². The van der Waals surface area contributed by atoms with E-state index in [2.05, 4.69) is 17.0 Å². The SMILES string of the molecule is C=C(C)COCCNC(=O)Cc1c(C)nn(C)c1C. The quantitative estimate of drug-likeness (QED) is 0.597. The fraction of sp³-hybridized carbons (Fsp3) is 0.571. The van der Waals surface area contributed by atoms with Gasteiger partial charge in [-0.05, 0) is 20.8 Å². The molecule has 0 atom stereocenters. The Labute approximate surface area is 114 Å². The highest BCUT2D eigenvalue weighted by atomic mass is 16.5. The van der Waals surface area contributed by atoms with Gasteiger partial charge in [0.05, 0.1) is 25.3 Å². The van der Waals surface area contributed by atoms with Crippen molar-refractivity contribution < 1.29 is 9.53 Å². The third-order valence-electron chi connectivity index (χ3n) is 2.91. The van der Waals surface area contributed by atoms with Gasteiger partial charge in [-0.15, -0.1) is 0 Å². The van der Waals surface area contributed by atoms with E-state index in [0.29, 0.717) is 26.2 Å². The van der Waals surface area contributed by atoms with Crippen molar-refractivity contribution in [2.45, 2.75) is 27.2 Å². The van der Waals surface area contributed by atoms with Crippen molar-refractivity contribution in [2.24, 2.45) is 7.05 Å². The molecule has 0 saturated carbocycles. The molecule has 0 aliphatic heterocycles. The van der Waals surface area contributed by atoms with Crippen molar-refractivity contribution in [3.63, 3.8) is 0 Å². The Morgan fingerprint density at radius 1 is 1.47 bits per heavy atom. The second-order valence-corrected chi connectivity index (χ2v) is 4.81. The molecule has 19 heavy (non-hydrogen) atoms. The minimum atomic E-state index is -0.00174. The molecule has 0 bridgehead atoms. The van der Waals surface area contributed by atoms with Crippen molar-refractivity contribution in [1.29, 1.82) is 0 Å². The Morgan fingerprint density at radius 2 is 2.16 bits per heavy atom. The number of nitrogens with zero attached hydrogens (tertiary/aromatic N) is 2. The van der Waals surface area contributed by atoms with E-state index in [4.69, 9.17) is 4.74 Å². The molecule has 1 heterocycles. The fourth-order valence-corrected chi connectivity index (χ4v) is 1.81. The van der Waals surface area contributed by atoms with E-state index in [9.17, 15) is 4.79 Å². The lowest BCUT2D eigenvalue weighted by Crippen LogP contribution is -2.29. The molecule has 0 aliphatic rings. The number of ether oxygens (including phenoxy) is 1. The van der Waals surface area contributed by atoms with Crippen LogP contribution < -0.4 is 5.32 Å². The van der Waals surface area contributed by atoms with Crippen LogP contribution in [-0.2, 0) is 23.0 Å². The number of aryl methyl sites for hydroxylation is 2.